The first-order valence-corrected chi connectivity index (χ1v) is 11.6. The van der Waals surface area contributed by atoms with E-state index in [2.05, 4.69) is 0 Å². The molecule has 156 valence electrons. The normalized spacial score (nSPS) is 11.3. The topological polar surface area (TPSA) is 38.8 Å². The molecule has 0 spiro atoms. The zero-order valence-electron chi connectivity index (χ0n) is 17.1. The Bertz CT molecular complexity index is 1020. The zero-order valence-corrected chi connectivity index (χ0v) is 18.0. The number of nitrogens with zero attached hydrogens (tertiary/aromatic N) is 1. The lowest BCUT2D eigenvalue weighted by molar-refractivity contribution is 0.273. The summed E-state index contributed by atoms with van der Waals surface area (Å²) in [6, 6.07) is 38.1. The third kappa shape index (κ3) is 5.85. The molecule has 0 N–H and O–H groups in total. The second kappa shape index (κ2) is 10.1. The molecule has 0 aliphatic heterocycles. The Kier molecular flexibility index (Phi) is 6.83. The van der Waals surface area contributed by atoms with Crippen LogP contribution in [0.2, 0.25) is 0 Å². The summed E-state index contributed by atoms with van der Waals surface area (Å²) in [5.74, 6) is 0.987. The van der Waals surface area contributed by atoms with Crippen LogP contribution in [-0.2, 0) is 17.7 Å². The third-order valence-electron chi connectivity index (χ3n) is 4.69. The highest BCUT2D eigenvalue weighted by Crippen LogP contribution is 2.53. The molecule has 0 amide bonds. The molecule has 4 aromatic carbocycles. The van der Waals surface area contributed by atoms with Crippen molar-refractivity contribution >= 4 is 7.75 Å². The molecule has 4 rings (SSSR count). The average Bonchev–Trinajstić information content (AvgIpc) is 2.81. The Hall–Kier alpha value is -3.33. The van der Waals surface area contributed by atoms with Crippen LogP contribution in [0.1, 0.15) is 11.1 Å². The minimum Gasteiger partial charge on any atom is -0.404 e. The van der Waals surface area contributed by atoms with Crippen molar-refractivity contribution in [3.63, 3.8) is 0 Å². The summed E-state index contributed by atoms with van der Waals surface area (Å²) in [4.78, 5) is 0. The van der Waals surface area contributed by atoms with Crippen LogP contribution >= 0.6 is 7.75 Å². The monoisotopic (exact) mass is 429 g/mol. The number of rotatable bonds is 9. The Balaban J connectivity index is 1.72. The van der Waals surface area contributed by atoms with Gasteiger partial charge in [0, 0.05) is 13.1 Å². The second-order valence-electron chi connectivity index (χ2n) is 7.07. The lowest BCUT2D eigenvalue weighted by Crippen LogP contribution is -2.25. The lowest BCUT2D eigenvalue weighted by Gasteiger charge is -2.30. The van der Waals surface area contributed by atoms with Crippen molar-refractivity contribution in [1.82, 2.24) is 4.67 Å². The predicted molar refractivity (Wildman–Crippen MR) is 124 cm³/mol. The zero-order chi connectivity index (χ0) is 21.4. The second-order valence-corrected chi connectivity index (χ2v) is 8.94. The fourth-order valence-electron chi connectivity index (χ4n) is 3.18. The van der Waals surface area contributed by atoms with Crippen molar-refractivity contribution in [2.75, 3.05) is 0 Å². The molecular weight excluding hydrogens is 405 g/mol. The first-order chi connectivity index (χ1) is 15.2. The fourth-order valence-corrected chi connectivity index (χ4v) is 4.90. The van der Waals surface area contributed by atoms with Crippen LogP contribution < -0.4 is 9.05 Å². The SMILES string of the molecule is O=P(Oc1ccccc1)(Oc1ccccc1)N(Cc1ccccc1)Cc1ccccc1. The molecule has 0 saturated carbocycles. The smallest absolute Gasteiger partial charge is 0.404 e. The van der Waals surface area contributed by atoms with E-state index in [0.29, 0.717) is 24.6 Å². The standard InChI is InChI=1S/C26H24NO3P/c28-31(29-25-17-9-3-10-18-25,30-26-19-11-4-12-20-26)27(21-23-13-5-1-6-14-23)22-24-15-7-2-8-16-24/h1-20H,21-22H2. The van der Waals surface area contributed by atoms with Crippen LogP contribution in [-0.4, -0.2) is 4.67 Å². The van der Waals surface area contributed by atoms with Crippen LogP contribution in [0.25, 0.3) is 0 Å². The summed E-state index contributed by atoms with van der Waals surface area (Å²) in [6.45, 7) is 0.819. The van der Waals surface area contributed by atoms with Gasteiger partial charge in [0.25, 0.3) is 0 Å². The van der Waals surface area contributed by atoms with E-state index >= 15 is 0 Å². The Morgan fingerprint density at radius 3 is 1.19 bits per heavy atom. The molecule has 0 fully saturated rings. The van der Waals surface area contributed by atoms with E-state index in [4.69, 9.17) is 9.05 Å². The van der Waals surface area contributed by atoms with E-state index in [9.17, 15) is 4.57 Å². The van der Waals surface area contributed by atoms with E-state index in [1.54, 1.807) is 28.9 Å². The van der Waals surface area contributed by atoms with E-state index in [-0.39, 0.29) is 0 Å². The van der Waals surface area contributed by atoms with Gasteiger partial charge in [-0.05, 0) is 35.4 Å². The van der Waals surface area contributed by atoms with Gasteiger partial charge in [-0.15, -0.1) is 0 Å². The van der Waals surface area contributed by atoms with Crippen LogP contribution in [0.4, 0.5) is 0 Å². The van der Waals surface area contributed by atoms with Crippen LogP contribution in [0, 0.1) is 0 Å². The van der Waals surface area contributed by atoms with Crippen LogP contribution in [0.5, 0.6) is 11.5 Å². The van der Waals surface area contributed by atoms with Crippen molar-refractivity contribution in [3.05, 3.63) is 132 Å². The molecule has 4 nitrogen and oxygen atoms in total. The summed E-state index contributed by atoms with van der Waals surface area (Å²) < 4.78 is 28.3. The first kappa shape index (κ1) is 20.9. The summed E-state index contributed by atoms with van der Waals surface area (Å²) in [5.41, 5.74) is 2.04. The van der Waals surface area contributed by atoms with Gasteiger partial charge >= 0.3 is 7.75 Å². The molecular formula is C26H24NO3P. The van der Waals surface area contributed by atoms with Gasteiger partial charge in [-0.1, -0.05) is 97.1 Å². The van der Waals surface area contributed by atoms with Gasteiger partial charge in [0.05, 0.1) is 0 Å². The van der Waals surface area contributed by atoms with Crippen molar-refractivity contribution in [2.24, 2.45) is 0 Å². The summed E-state index contributed by atoms with van der Waals surface area (Å²) in [7, 11) is -3.77. The number of para-hydroxylation sites is 2. The summed E-state index contributed by atoms with van der Waals surface area (Å²) in [6.07, 6.45) is 0. The maximum Gasteiger partial charge on any atom is 0.516 e. The van der Waals surface area contributed by atoms with Crippen molar-refractivity contribution in [1.29, 1.82) is 0 Å². The van der Waals surface area contributed by atoms with Gasteiger partial charge < -0.3 is 9.05 Å². The largest absolute Gasteiger partial charge is 0.516 e. The Labute approximate surface area is 183 Å². The summed E-state index contributed by atoms with van der Waals surface area (Å²) in [5, 5.41) is 0. The van der Waals surface area contributed by atoms with Crippen molar-refractivity contribution in [3.8, 4) is 11.5 Å². The highest BCUT2D eigenvalue weighted by Gasteiger charge is 2.37. The maximum atomic E-state index is 14.3. The molecule has 0 unspecified atom stereocenters. The molecule has 0 atom stereocenters. The molecule has 0 heterocycles. The van der Waals surface area contributed by atoms with E-state index in [0.717, 1.165) is 11.1 Å². The van der Waals surface area contributed by atoms with Crippen LogP contribution in [0.3, 0.4) is 0 Å². The molecule has 0 bridgehead atoms. The van der Waals surface area contributed by atoms with Crippen molar-refractivity contribution < 1.29 is 13.6 Å². The van der Waals surface area contributed by atoms with Gasteiger partial charge in [-0.25, -0.2) is 4.57 Å². The predicted octanol–water partition coefficient (Wildman–Crippen LogP) is 6.95. The molecule has 4 aromatic rings. The Morgan fingerprint density at radius 1 is 0.516 bits per heavy atom. The third-order valence-corrected chi connectivity index (χ3v) is 6.55. The van der Waals surface area contributed by atoms with Gasteiger partial charge in [0.2, 0.25) is 0 Å². The minimum atomic E-state index is -3.77. The highest BCUT2D eigenvalue weighted by atomic mass is 31.2. The molecule has 5 heteroatoms. The van der Waals surface area contributed by atoms with Crippen LogP contribution in [0.15, 0.2) is 121 Å². The molecule has 31 heavy (non-hydrogen) atoms. The van der Waals surface area contributed by atoms with E-state index in [1.165, 1.54) is 0 Å². The van der Waals surface area contributed by atoms with Gasteiger partial charge in [0.1, 0.15) is 11.5 Å². The Morgan fingerprint density at radius 2 is 0.839 bits per heavy atom. The number of hydrogen-bond acceptors (Lipinski definition) is 3. The molecule has 0 aliphatic carbocycles. The minimum absolute atomic E-state index is 0.409. The van der Waals surface area contributed by atoms with Gasteiger partial charge in [0.15, 0.2) is 0 Å². The van der Waals surface area contributed by atoms with Gasteiger partial charge in [-0.2, -0.15) is 4.67 Å². The first-order valence-electron chi connectivity index (χ1n) is 10.1. The fraction of sp³-hybridized carbons (Fsp3) is 0.0769. The molecule has 0 saturated heterocycles. The lowest BCUT2D eigenvalue weighted by atomic mass is 10.2. The number of hydrogen-bond donors (Lipinski definition) is 0. The van der Waals surface area contributed by atoms with Crippen molar-refractivity contribution in [2.45, 2.75) is 13.1 Å². The van der Waals surface area contributed by atoms with Gasteiger partial charge in [-0.3, -0.25) is 0 Å². The molecule has 0 aromatic heterocycles. The highest BCUT2D eigenvalue weighted by molar-refractivity contribution is 7.52. The molecule has 0 radical (unpaired) electrons. The average molecular weight is 429 g/mol. The summed E-state index contributed by atoms with van der Waals surface area (Å²) >= 11 is 0. The number of benzene rings is 4. The van der Waals surface area contributed by atoms with E-state index < -0.39 is 7.75 Å². The quantitative estimate of drug-likeness (QED) is 0.270. The van der Waals surface area contributed by atoms with E-state index in [1.807, 2.05) is 97.1 Å². The maximum absolute atomic E-state index is 14.3. The molecule has 0 aliphatic rings.